The monoisotopic (exact) mass is 318 g/mol. The Kier molecular flexibility index (Phi) is 4.19. The van der Waals surface area contributed by atoms with Crippen molar-refractivity contribution in [1.82, 2.24) is 14.8 Å². The highest BCUT2D eigenvalue weighted by atomic mass is 32.2. The van der Waals surface area contributed by atoms with Crippen LogP contribution in [-0.2, 0) is 23.2 Å². The molecule has 0 aliphatic heterocycles. The number of benzene rings is 1. The summed E-state index contributed by atoms with van der Waals surface area (Å²) in [7, 11) is -4.34. The van der Waals surface area contributed by atoms with Crippen LogP contribution in [0.4, 0.5) is 8.78 Å². The normalized spacial score (nSPS) is 11.6. The van der Waals surface area contributed by atoms with Gasteiger partial charge in [-0.1, -0.05) is 0 Å². The summed E-state index contributed by atoms with van der Waals surface area (Å²) in [5, 5.41) is 8.66. The van der Waals surface area contributed by atoms with Crippen molar-refractivity contribution in [1.29, 1.82) is 0 Å². The highest BCUT2D eigenvalue weighted by Gasteiger charge is 2.21. The molecule has 0 atom stereocenters. The van der Waals surface area contributed by atoms with E-state index >= 15 is 0 Å². The second-order valence-electron chi connectivity index (χ2n) is 4.02. The van der Waals surface area contributed by atoms with Crippen molar-refractivity contribution in [3.05, 3.63) is 35.9 Å². The summed E-state index contributed by atoms with van der Waals surface area (Å²) < 4.78 is 56.1. The van der Waals surface area contributed by atoms with E-state index in [0.29, 0.717) is 12.4 Å². The maximum absolute atomic E-state index is 13.7. The Morgan fingerprint density at radius 2 is 2.05 bits per heavy atom. The minimum Gasteiger partial charge on any atom is -0.482 e. The van der Waals surface area contributed by atoms with Gasteiger partial charge in [0.15, 0.2) is 17.4 Å². The van der Waals surface area contributed by atoms with Gasteiger partial charge < -0.3 is 4.74 Å². The second kappa shape index (κ2) is 5.74. The molecule has 0 aliphatic rings. The second-order valence-corrected chi connectivity index (χ2v) is 5.55. The molecule has 2 aromatic rings. The molecule has 21 heavy (non-hydrogen) atoms. The number of hydrogen-bond donors (Lipinski definition) is 1. The molecular weight excluding hydrogens is 306 g/mol. The molecule has 0 saturated heterocycles. The van der Waals surface area contributed by atoms with E-state index in [1.54, 1.807) is 0 Å². The van der Waals surface area contributed by atoms with Crippen LogP contribution in [0.15, 0.2) is 23.4 Å². The lowest BCUT2D eigenvalue weighted by atomic mass is 10.3. The van der Waals surface area contributed by atoms with Gasteiger partial charge in [0.1, 0.15) is 17.8 Å². The van der Waals surface area contributed by atoms with Gasteiger partial charge in [-0.2, -0.15) is 9.49 Å². The number of aromatic nitrogens is 3. The third-order valence-electron chi connectivity index (χ3n) is 2.67. The third kappa shape index (κ3) is 3.16. The Morgan fingerprint density at radius 3 is 2.67 bits per heavy atom. The Bertz CT molecular complexity index is 761. The van der Waals surface area contributed by atoms with Gasteiger partial charge >= 0.3 is 0 Å². The number of sulfonamides is 1. The molecule has 0 saturated carbocycles. The van der Waals surface area contributed by atoms with Crippen LogP contribution < -0.4 is 9.88 Å². The van der Waals surface area contributed by atoms with Gasteiger partial charge in [0.25, 0.3) is 0 Å². The first-order chi connectivity index (χ1) is 9.84. The van der Waals surface area contributed by atoms with Gasteiger partial charge in [-0.15, -0.1) is 0 Å². The van der Waals surface area contributed by atoms with E-state index < -0.39 is 32.3 Å². The number of halogens is 2. The summed E-state index contributed by atoms with van der Waals surface area (Å²) in [6, 6.07) is 1.83. The molecule has 0 bridgehead atoms. The summed E-state index contributed by atoms with van der Waals surface area (Å²) in [6.07, 6.45) is 1.31. The predicted octanol–water partition coefficient (Wildman–Crippen LogP) is 0.803. The lowest BCUT2D eigenvalue weighted by Gasteiger charge is -2.09. The van der Waals surface area contributed by atoms with Crippen LogP contribution in [0.25, 0.3) is 0 Å². The molecule has 0 spiro atoms. The smallest absolute Gasteiger partial charge is 0.241 e. The highest BCUT2D eigenvalue weighted by molar-refractivity contribution is 7.89. The molecule has 0 aliphatic carbocycles. The molecule has 0 radical (unpaired) electrons. The van der Waals surface area contributed by atoms with E-state index in [9.17, 15) is 17.2 Å². The standard InChI is InChI=1S/C11H12F2N4O3S/c1-2-17-9(15-6-16-17)5-20-7-3-4-8(21(14,18)19)11(13)10(7)12/h3-4,6H,2,5H2,1H3,(H2,14,18,19). The Balaban J connectivity index is 2.24. The van der Waals surface area contributed by atoms with Crippen molar-refractivity contribution >= 4 is 10.0 Å². The molecule has 2 N–H and O–H groups in total. The van der Waals surface area contributed by atoms with Gasteiger partial charge in [0.05, 0.1) is 0 Å². The van der Waals surface area contributed by atoms with Crippen molar-refractivity contribution in [3.8, 4) is 5.75 Å². The fourth-order valence-corrected chi connectivity index (χ4v) is 2.25. The fraction of sp³-hybridized carbons (Fsp3) is 0.273. The van der Waals surface area contributed by atoms with E-state index in [4.69, 9.17) is 9.88 Å². The molecule has 0 amide bonds. The first-order valence-corrected chi connectivity index (χ1v) is 7.39. The van der Waals surface area contributed by atoms with Gasteiger partial charge in [-0.25, -0.2) is 27.6 Å². The maximum Gasteiger partial charge on any atom is 0.241 e. The molecular formula is C11H12F2N4O3S. The van der Waals surface area contributed by atoms with Crippen molar-refractivity contribution in [2.45, 2.75) is 25.0 Å². The number of aryl methyl sites for hydroxylation is 1. The largest absolute Gasteiger partial charge is 0.482 e. The molecule has 1 aromatic heterocycles. The number of primary sulfonamides is 1. The summed E-state index contributed by atoms with van der Waals surface area (Å²) in [5.41, 5.74) is 0. The Morgan fingerprint density at radius 1 is 1.33 bits per heavy atom. The van der Waals surface area contributed by atoms with E-state index in [0.717, 1.165) is 12.1 Å². The third-order valence-corrected chi connectivity index (χ3v) is 3.60. The molecule has 10 heteroatoms. The summed E-state index contributed by atoms with van der Waals surface area (Å²) in [6.45, 7) is 2.23. The van der Waals surface area contributed by atoms with E-state index in [2.05, 4.69) is 10.1 Å². The van der Waals surface area contributed by atoms with Gasteiger partial charge in [0, 0.05) is 6.54 Å². The van der Waals surface area contributed by atoms with E-state index in [-0.39, 0.29) is 6.61 Å². The predicted molar refractivity (Wildman–Crippen MR) is 67.8 cm³/mol. The average Bonchev–Trinajstić information content (AvgIpc) is 2.86. The topological polar surface area (TPSA) is 100 Å². The molecule has 114 valence electrons. The lowest BCUT2D eigenvalue weighted by molar-refractivity contribution is 0.267. The average molecular weight is 318 g/mol. The van der Waals surface area contributed by atoms with Crippen LogP contribution in [0.1, 0.15) is 12.7 Å². The van der Waals surface area contributed by atoms with Crippen LogP contribution in [0.2, 0.25) is 0 Å². The van der Waals surface area contributed by atoms with E-state index in [1.165, 1.54) is 11.0 Å². The molecule has 1 aromatic carbocycles. The Hall–Kier alpha value is -2.07. The van der Waals surface area contributed by atoms with Gasteiger partial charge in [-0.3, -0.25) is 0 Å². The van der Waals surface area contributed by atoms with Crippen LogP contribution >= 0.6 is 0 Å². The SMILES string of the molecule is CCn1ncnc1COc1ccc(S(N)(=O)=O)c(F)c1F. The minimum absolute atomic E-state index is 0.140. The maximum atomic E-state index is 13.7. The number of nitrogens with two attached hydrogens (primary N) is 1. The van der Waals surface area contributed by atoms with Crippen molar-refractivity contribution in [2.24, 2.45) is 5.14 Å². The van der Waals surface area contributed by atoms with Crippen LogP contribution in [-0.4, -0.2) is 23.2 Å². The number of hydrogen-bond acceptors (Lipinski definition) is 5. The van der Waals surface area contributed by atoms with E-state index in [1.807, 2.05) is 6.92 Å². The lowest BCUT2D eigenvalue weighted by Crippen LogP contribution is -2.15. The summed E-state index contributed by atoms with van der Waals surface area (Å²) in [4.78, 5) is 2.98. The quantitative estimate of drug-likeness (QED) is 0.879. The zero-order valence-corrected chi connectivity index (χ0v) is 11.8. The molecule has 1 heterocycles. The highest BCUT2D eigenvalue weighted by Crippen LogP contribution is 2.25. The number of nitrogens with zero attached hydrogens (tertiary/aromatic N) is 3. The summed E-state index contributed by atoms with van der Waals surface area (Å²) >= 11 is 0. The van der Waals surface area contributed by atoms with Crippen molar-refractivity contribution in [3.63, 3.8) is 0 Å². The zero-order chi connectivity index (χ0) is 15.6. The fourth-order valence-electron chi connectivity index (χ4n) is 1.65. The number of rotatable bonds is 5. The molecule has 2 rings (SSSR count). The molecule has 0 unspecified atom stereocenters. The van der Waals surface area contributed by atoms with Crippen LogP contribution in [0, 0.1) is 11.6 Å². The van der Waals surface area contributed by atoms with Crippen LogP contribution in [0.5, 0.6) is 5.75 Å². The molecule has 0 fully saturated rings. The van der Waals surface area contributed by atoms with Gasteiger partial charge in [0.2, 0.25) is 15.8 Å². The van der Waals surface area contributed by atoms with Crippen LogP contribution in [0.3, 0.4) is 0 Å². The first kappa shape index (κ1) is 15.3. The van der Waals surface area contributed by atoms with Crippen molar-refractivity contribution in [2.75, 3.05) is 0 Å². The first-order valence-electron chi connectivity index (χ1n) is 5.85. The van der Waals surface area contributed by atoms with Gasteiger partial charge in [-0.05, 0) is 19.1 Å². The Labute approximate surface area is 119 Å². The number of ether oxygens (including phenoxy) is 1. The van der Waals surface area contributed by atoms with Crippen molar-refractivity contribution < 1.29 is 21.9 Å². The summed E-state index contributed by atoms with van der Waals surface area (Å²) in [5.74, 6) is -3.02. The zero-order valence-electron chi connectivity index (χ0n) is 11.0. The molecule has 7 nitrogen and oxygen atoms in total. The minimum atomic E-state index is -4.34.